The van der Waals surface area contributed by atoms with Gasteiger partial charge >= 0.3 is 0 Å². The molecule has 0 radical (unpaired) electrons. The third kappa shape index (κ3) is 3.17. The number of hydrogen-bond acceptors (Lipinski definition) is 2. The Hall–Kier alpha value is -0.860. The average molecular weight is 289 g/mol. The van der Waals surface area contributed by atoms with Crippen molar-refractivity contribution in [3.63, 3.8) is 0 Å². The molecule has 0 heterocycles. The van der Waals surface area contributed by atoms with Crippen LogP contribution in [0.25, 0.3) is 0 Å². The first kappa shape index (κ1) is 16.5. The lowest BCUT2D eigenvalue weighted by Crippen LogP contribution is -2.45. The minimum Gasteiger partial charge on any atom is -0.373 e. The van der Waals surface area contributed by atoms with Crippen LogP contribution >= 0.6 is 0 Å². The zero-order valence-corrected chi connectivity index (χ0v) is 14.1. The first-order valence-corrected chi connectivity index (χ1v) is 8.62. The smallest absolute Gasteiger partial charge is 0.0870 e. The van der Waals surface area contributed by atoms with Crippen molar-refractivity contribution < 1.29 is 4.74 Å². The van der Waals surface area contributed by atoms with Crippen LogP contribution in [0.15, 0.2) is 24.3 Å². The molecule has 2 nitrogen and oxygen atoms in total. The summed E-state index contributed by atoms with van der Waals surface area (Å²) in [7, 11) is 2.07. The minimum atomic E-state index is -0.108. The van der Waals surface area contributed by atoms with Gasteiger partial charge in [-0.05, 0) is 56.7 Å². The highest BCUT2D eigenvalue weighted by molar-refractivity contribution is 5.36. The van der Waals surface area contributed by atoms with Crippen LogP contribution in [0.5, 0.6) is 0 Å². The van der Waals surface area contributed by atoms with E-state index in [-0.39, 0.29) is 11.6 Å². The molecule has 1 aliphatic carbocycles. The van der Waals surface area contributed by atoms with E-state index in [0.717, 1.165) is 25.4 Å². The maximum atomic E-state index is 6.26. The molecule has 1 fully saturated rings. The number of hydrogen-bond donors (Lipinski definition) is 1. The van der Waals surface area contributed by atoms with Gasteiger partial charge in [0, 0.05) is 6.61 Å². The maximum absolute atomic E-state index is 6.26. The Labute approximate surface area is 130 Å². The summed E-state index contributed by atoms with van der Waals surface area (Å²) in [6, 6.07) is 9.25. The molecule has 1 aromatic rings. The van der Waals surface area contributed by atoms with Crippen molar-refractivity contribution in [2.24, 2.45) is 0 Å². The highest BCUT2D eigenvalue weighted by atomic mass is 16.5. The molecular weight excluding hydrogens is 258 g/mol. The fraction of sp³-hybridized carbons (Fsp3) is 0.684. The van der Waals surface area contributed by atoms with Crippen molar-refractivity contribution in [2.45, 2.75) is 70.4 Å². The van der Waals surface area contributed by atoms with E-state index in [1.54, 1.807) is 0 Å². The quantitative estimate of drug-likeness (QED) is 0.741. The highest BCUT2D eigenvalue weighted by Crippen LogP contribution is 2.43. The normalized spacial score (nSPS) is 17.5. The van der Waals surface area contributed by atoms with Gasteiger partial charge in [0.05, 0.1) is 11.6 Å². The standard InChI is InChI=1S/C19H31NO/c1-5-19(6-2,21-7-3)18(20-4)17-14-9-8-13-16(17)15-11-10-12-15/h8-9,13-15,18,20H,5-7,10-12H2,1-4H3. The molecule has 0 aromatic heterocycles. The predicted molar refractivity (Wildman–Crippen MR) is 89.8 cm³/mol. The molecule has 1 atom stereocenters. The molecule has 1 aliphatic rings. The highest BCUT2D eigenvalue weighted by Gasteiger charge is 2.38. The second kappa shape index (κ2) is 7.42. The summed E-state index contributed by atoms with van der Waals surface area (Å²) in [5.74, 6) is 0.755. The first-order valence-electron chi connectivity index (χ1n) is 8.62. The SMILES string of the molecule is CCOC(CC)(CC)C(NC)c1ccccc1C1CCC1. The Morgan fingerprint density at radius 1 is 1.19 bits per heavy atom. The Morgan fingerprint density at radius 2 is 1.86 bits per heavy atom. The van der Waals surface area contributed by atoms with Crippen LogP contribution in [-0.4, -0.2) is 19.3 Å². The number of ether oxygens (including phenoxy) is 1. The molecule has 0 aliphatic heterocycles. The van der Waals surface area contributed by atoms with Crippen molar-refractivity contribution in [3.05, 3.63) is 35.4 Å². The summed E-state index contributed by atoms with van der Waals surface area (Å²) in [6.07, 6.45) is 6.12. The molecule has 1 aromatic carbocycles. The molecule has 1 N–H and O–H groups in total. The van der Waals surface area contributed by atoms with Crippen molar-refractivity contribution >= 4 is 0 Å². The van der Waals surface area contributed by atoms with E-state index >= 15 is 0 Å². The van der Waals surface area contributed by atoms with Gasteiger partial charge in [0.1, 0.15) is 0 Å². The van der Waals surface area contributed by atoms with E-state index in [0.29, 0.717) is 0 Å². The van der Waals surface area contributed by atoms with Gasteiger partial charge in [0.2, 0.25) is 0 Å². The van der Waals surface area contributed by atoms with E-state index in [9.17, 15) is 0 Å². The zero-order chi connectivity index (χ0) is 15.3. The lowest BCUT2D eigenvalue weighted by molar-refractivity contribution is -0.0720. The average Bonchev–Trinajstić information content (AvgIpc) is 2.47. The maximum Gasteiger partial charge on any atom is 0.0870 e. The van der Waals surface area contributed by atoms with Crippen molar-refractivity contribution in [1.29, 1.82) is 0 Å². The van der Waals surface area contributed by atoms with Gasteiger partial charge in [0.25, 0.3) is 0 Å². The van der Waals surface area contributed by atoms with Crippen LogP contribution in [0.3, 0.4) is 0 Å². The van der Waals surface area contributed by atoms with Crippen molar-refractivity contribution in [1.82, 2.24) is 5.32 Å². The van der Waals surface area contributed by atoms with E-state index < -0.39 is 0 Å². The van der Waals surface area contributed by atoms with Crippen LogP contribution in [0.4, 0.5) is 0 Å². The zero-order valence-electron chi connectivity index (χ0n) is 14.1. The van der Waals surface area contributed by atoms with Crippen molar-refractivity contribution in [3.8, 4) is 0 Å². The molecule has 118 valence electrons. The summed E-state index contributed by atoms with van der Waals surface area (Å²) in [4.78, 5) is 0. The van der Waals surface area contributed by atoms with Crippen LogP contribution < -0.4 is 5.32 Å². The first-order chi connectivity index (χ1) is 10.2. The Bertz CT molecular complexity index is 435. The molecule has 21 heavy (non-hydrogen) atoms. The van der Waals surface area contributed by atoms with E-state index in [1.165, 1.54) is 30.4 Å². The summed E-state index contributed by atoms with van der Waals surface area (Å²) in [5.41, 5.74) is 2.87. The number of benzene rings is 1. The van der Waals surface area contributed by atoms with E-state index in [2.05, 4.69) is 57.4 Å². The van der Waals surface area contributed by atoms with Gasteiger partial charge in [0.15, 0.2) is 0 Å². The molecule has 1 saturated carbocycles. The topological polar surface area (TPSA) is 21.3 Å². The predicted octanol–water partition coefficient (Wildman–Crippen LogP) is 4.81. The number of nitrogens with one attached hydrogen (secondary N) is 1. The summed E-state index contributed by atoms with van der Waals surface area (Å²) in [6.45, 7) is 7.36. The summed E-state index contributed by atoms with van der Waals surface area (Å²) >= 11 is 0. The lowest BCUT2D eigenvalue weighted by Gasteiger charge is -2.41. The van der Waals surface area contributed by atoms with Crippen LogP contribution in [0.2, 0.25) is 0 Å². The molecule has 0 amide bonds. The Morgan fingerprint density at radius 3 is 2.33 bits per heavy atom. The largest absolute Gasteiger partial charge is 0.373 e. The monoisotopic (exact) mass is 289 g/mol. The van der Waals surface area contributed by atoms with Crippen LogP contribution in [-0.2, 0) is 4.74 Å². The number of rotatable bonds is 8. The molecule has 0 spiro atoms. The van der Waals surface area contributed by atoms with E-state index in [4.69, 9.17) is 4.74 Å². The van der Waals surface area contributed by atoms with Gasteiger partial charge in [-0.3, -0.25) is 0 Å². The lowest BCUT2D eigenvalue weighted by atomic mass is 9.74. The van der Waals surface area contributed by atoms with Crippen LogP contribution in [0.1, 0.15) is 76.0 Å². The summed E-state index contributed by atoms with van der Waals surface area (Å²) in [5, 5.41) is 3.56. The summed E-state index contributed by atoms with van der Waals surface area (Å²) < 4.78 is 6.26. The van der Waals surface area contributed by atoms with Crippen LogP contribution in [0, 0.1) is 0 Å². The molecule has 2 rings (SSSR count). The third-order valence-electron chi connectivity index (χ3n) is 5.30. The molecule has 2 heteroatoms. The third-order valence-corrected chi connectivity index (χ3v) is 5.30. The van der Waals surface area contributed by atoms with Gasteiger partial charge in [-0.2, -0.15) is 0 Å². The fourth-order valence-electron chi connectivity index (χ4n) is 3.80. The number of likely N-dealkylation sites (N-methyl/N-ethyl adjacent to an activating group) is 1. The molecule has 1 unspecified atom stereocenters. The van der Waals surface area contributed by atoms with E-state index in [1.807, 2.05) is 0 Å². The van der Waals surface area contributed by atoms with Gasteiger partial charge < -0.3 is 10.1 Å². The minimum absolute atomic E-state index is 0.108. The van der Waals surface area contributed by atoms with Gasteiger partial charge in [-0.1, -0.05) is 44.5 Å². The molecule has 0 saturated heterocycles. The second-order valence-corrected chi connectivity index (χ2v) is 6.18. The molecule has 0 bridgehead atoms. The Balaban J connectivity index is 2.40. The van der Waals surface area contributed by atoms with Crippen molar-refractivity contribution in [2.75, 3.05) is 13.7 Å². The van der Waals surface area contributed by atoms with Gasteiger partial charge in [-0.15, -0.1) is 0 Å². The van der Waals surface area contributed by atoms with Gasteiger partial charge in [-0.25, -0.2) is 0 Å². The molecular formula is C19H31NO. The fourth-order valence-corrected chi connectivity index (χ4v) is 3.80. The second-order valence-electron chi connectivity index (χ2n) is 6.18. The Kier molecular flexibility index (Phi) is 5.83.